The van der Waals surface area contributed by atoms with Crippen LogP contribution in [-0.2, 0) is 16.8 Å². The van der Waals surface area contributed by atoms with Gasteiger partial charge in [0, 0.05) is 24.7 Å². The van der Waals surface area contributed by atoms with Gasteiger partial charge in [0.25, 0.3) is 10.2 Å². The SMILES string of the molecule is C[C@@H]1CCCN(S(=O)(=O)NCc2ccccc2Cl)C1. The van der Waals surface area contributed by atoms with Gasteiger partial charge in [0.05, 0.1) is 0 Å². The van der Waals surface area contributed by atoms with Crippen molar-refractivity contribution in [1.82, 2.24) is 9.03 Å². The quantitative estimate of drug-likeness (QED) is 0.928. The van der Waals surface area contributed by atoms with E-state index in [2.05, 4.69) is 11.6 Å². The summed E-state index contributed by atoms with van der Waals surface area (Å²) >= 11 is 6.01. The number of halogens is 1. The summed E-state index contributed by atoms with van der Waals surface area (Å²) in [6.07, 6.45) is 2.02. The Bertz CT molecular complexity index is 533. The zero-order valence-corrected chi connectivity index (χ0v) is 12.5. The van der Waals surface area contributed by atoms with E-state index in [1.54, 1.807) is 6.07 Å². The van der Waals surface area contributed by atoms with Crippen LogP contribution in [-0.4, -0.2) is 25.8 Å². The van der Waals surface area contributed by atoms with Crippen molar-refractivity contribution in [2.45, 2.75) is 26.3 Å². The fourth-order valence-corrected chi connectivity index (χ4v) is 3.81. The van der Waals surface area contributed by atoms with Crippen molar-refractivity contribution in [3.05, 3.63) is 34.9 Å². The molecular weight excluding hydrogens is 284 g/mol. The first kappa shape index (κ1) is 14.8. The van der Waals surface area contributed by atoms with Gasteiger partial charge in [-0.2, -0.15) is 17.4 Å². The van der Waals surface area contributed by atoms with Gasteiger partial charge < -0.3 is 0 Å². The predicted octanol–water partition coefficient (Wildman–Crippen LogP) is 2.41. The van der Waals surface area contributed by atoms with Crippen molar-refractivity contribution in [2.75, 3.05) is 13.1 Å². The van der Waals surface area contributed by atoms with Crippen molar-refractivity contribution >= 4 is 21.8 Å². The zero-order valence-electron chi connectivity index (χ0n) is 11.0. The minimum absolute atomic E-state index is 0.229. The summed E-state index contributed by atoms with van der Waals surface area (Å²) in [7, 11) is -3.41. The van der Waals surface area contributed by atoms with Crippen molar-refractivity contribution in [1.29, 1.82) is 0 Å². The Morgan fingerprint density at radius 3 is 2.84 bits per heavy atom. The second kappa shape index (κ2) is 6.22. The highest BCUT2D eigenvalue weighted by molar-refractivity contribution is 7.87. The summed E-state index contributed by atoms with van der Waals surface area (Å²) in [5.41, 5.74) is 0.790. The molecule has 0 aliphatic carbocycles. The van der Waals surface area contributed by atoms with Crippen LogP contribution in [0.2, 0.25) is 5.02 Å². The van der Waals surface area contributed by atoms with Crippen molar-refractivity contribution < 1.29 is 8.42 Å². The van der Waals surface area contributed by atoms with Crippen LogP contribution in [0.5, 0.6) is 0 Å². The van der Waals surface area contributed by atoms with E-state index < -0.39 is 10.2 Å². The molecule has 0 bridgehead atoms. The topological polar surface area (TPSA) is 49.4 Å². The first-order valence-electron chi connectivity index (χ1n) is 6.47. The molecule has 1 aliphatic heterocycles. The number of piperidine rings is 1. The third-order valence-corrected chi connectivity index (χ3v) is 5.25. The van der Waals surface area contributed by atoms with Gasteiger partial charge in [0.15, 0.2) is 0 Å². The van der Waals surface area contributed by atoms with Crippen molar-refractivity contribution in [3.63, 3.8) is 0 Å². The normalized spacial score (nSPS) is 21.5. The van der Waals surface area contributed by atoms with Crippen LogP contribution in [0.4, 0.5) is 0 Å². The van der Waals surface area contributed by atoms with Crippen LogP contribution in [0.1, 0.15) is 25.3 Å². The van der Waals surface area contributed by atoms with Gasteiger partial charge in [-0.3, -0.25) is 0 Å². The van der Waals surface area contributed by atoms with Gasteiger partial charge in [0.2, 0.25) is 0 Å². The molecule has 19 heavy (non-hydrogen) atoms. The zero-order chi connectivity index (χ0) is 13.9. The Morgan fingerprint density at radius 2 is 2.16 bits per heavy atom. The molecule has 1 N–H and O–H groups in total. The summed E-state index contributed by atoms with van der Waals surface area (Å²) in [6.45, 7) is 3.50. The predicted molar refractivity (Wildman–Crippen MR) is 77.2 cm³/mol. The highest BCUT2D eigenvalue weighted by Crippen LogP contribution is 2.19. The highest BCUT2D eigenvalue weighted by Gasteiger charge is 2.26. The molecule has 4 nitrogen and oxygen atoms in total. The number of benzene rings is 1. The highest BCUT2D eigenvalue weighted by atomic mass is 35.5. The molecule has 1 saturated heterocycles. The van der Waals surface area contributed by atoms with Gasteiger partial charge in [-0.25, -0.2) is 0 Å². The van der Waals surface area contributed by atoms with Crippen molar-refractivity contribution in [3.8, 4) is 0 Å². The number of nitrogens with zero attached hydrogens (tertiary/aromatic N) is 1. The molecule has 0 unspecified atom stereocenters. The average Bonchev–Trinajstić information content (AvgIpc) is 2.38. The fourth-order valence-electron chi connectivity index (χ4n) is 2.27. The van der Waals surface area contributed by atoms with E-state index in [-0.39, 0.29) is 6.54 Å². The van der Waals surface area contributed by atoms with Crippen LogP contribution in [0.15, 0.2) is 24.3 Å². The van der Waals surface area contributed by atoms with E-state index >= 15 is 0 Å². The lowest BCUT2D eigenvalue weighted by Gasteiger charge is -2.30. The van der Waals surface area contributed by atoms with Crippen LogP contribution in [0.25, 0.3) is 0 Å². The lowest BCUT2D eigenvalue weighted by Crippen LogP contribution is -2.45. The first-order valence-corrected chi connectivity index (χ1v) is 8.29. The minimum atomic E-state index is -3.41. The molecule has 1 aromatic carbocycles. The smallest absolute Gasteiger partial charge is 0.198 e. The molecule has 0 amide bonds. The van der Waals surface area contributed by atoms with Crippen LogP contribution in [0, 0.1) is 5.92 Å². The molecule has 1 atom stereocenters. The molecule has 1 aromatic rings. The summed E-state index contributed by atoms with van der Waals surface area (Å²) in [6, 6.07) is 7.25. The minimum Gasteiger partial charge on any atom is -0.198 e. The van der Waals surface area contributed by atoms with Gasteiger partial charge in [0.1, 0.15) is 0 Å². The van der Waals surface area contributed by atoms with Crippen LogP contribution >= 0.6 is 11.6 Å². The first-order chi connectivity index (χ1) is 8.99. The Morgan fingerprint density at radius 1 is 1.42 bits per heavy atom. The van der Waals surface area contributed by atoms with E-state index in [1.807, 2.05) is 18.2 Å². The maximum Gasteiger partial charge on any atom is 0.279 e. The van der Waals surface area contributed by atoms with E-state index in [0.29, 0.717) is 24.0 Å². The van der Waals surface area contributed by atoms with Crippen LogP contribution in [0.3, 0.4) is 0 Å². The molecule has 0 aromatic heterocycles. The van der Waals surface area contributed by atoms with E-state index in [0.717, 1.165) is 18.4 Å². The molecule has 1 fully saturated rings. The maximum atomic E-state index is 12.2. The maximum absolute atomic E-state index is 12.2. The Hall–Kier alpha value is -0.620. The fraction of sp³-hybridized carbons (Fsp3) is 0.538. The lowest BCUT2D eigenvalue weighted by atomic mass is 10.0. The van der Waals surface area contributed by atoms with E-state index in [4.69, 9.17) is 11.6 Å². The molecule has 0 radical (unpaired) electrons. The molecule has 2 rings (SSSR count). The number of hydrogen-bond acceptors (Lipinski definition) is 2. The number of nitrogens with one attached hydrogen (secondary N) is 1. The number of rotatable bonds is 4. The monoisotopic (exact) mass is 302 g/mol. The summed E-state index contributed by atoms with van der Waals surface area (Å²) < 4.78 is 28.5. The molecule has 6 heteroatoms. The van der Waals surface area contributed by atoms with Gasteiger partial charge >= 0.3 is 0 Å². The molecule has 0 saturated carbocycles. The van der Waals surface area contributed by atoms with Crippen LogP contribution < -0.4 is 4.72 Å². The average molecular weight is 303 g/mol. The Labute approximate surface area is 119 Å². The second-order valence-corrected chi connectivity index (χ2v) is 7.19. The Balaban J connectivity index is 2.00. The van der Waals surface area contributed by atoms with Gasteiger partial charge in [-0.05, 0) is 30.4 Å². The second-order valence-electron chi connectivity index (χ2n) is 5.02. The van der Waals surface area contributed by atoms with Gasteiger partial charge in [-0.1, -0.05) is 36.7 Å². The number of hydrogen-bond donors (Lipinski definition) is 1. The van der Waals surface area contributed by atoms with E-state index in [9.17, 15) is 8.42 Å². The van der Waals surface area contributed by atoms with Crippen molar-refractivity contribution in [2.24, 2.45) is 5.92 Å². The molecule has 0 spiro atoms. The Kier molecular flexibility index (Phi) is 4.84. The summed E-state index contributed by atoms with van der Waals surface area (Å²) in [4.78, 5) is 0. The van der Waals surface area contributed by atoms with E-state index in [1.165, 1.54) is 4.31 Å². The third kappa shape index (κ3) is 3.92. The summed E-state index contributed by atoms with van der Waals surface area (Å²) in [5, 5.41) is 0.581. The summed E-state index contributed by atoms with van der Waals surface area (Å²) in [5.74, 6) is 0.422. The lowest BCUT2D eigenvalue weighted by molar-refractivity contribution is 0.278. The molecule has 1 aliphatic rings. The standard InChI is InChI=1S/C13H19ClN2O2S/c1-11-5-4-8-16(10-11)19(17,18)15-9-12-6-2-3-7-13(12)14/h2-3,6-7,11,15H,4-5,8-10H2,1H3/t11-/m1/s1. The molecule has 1 heterocycles. The third-order valence-electron chi connectivity index (χ3n) is 3.36. The molecule has 106 valence electrons. The van der Waals surface area contributed by atoms with Gasteiger partial charge in [-0.15, -0.1) is 0 Å². The molecular formula is C13H19ClN2O2S. The largest absolute Gasteiger partial charge is 0.279 e.